The minimum atomic E-state index is -0.278. The third kappa shape index (κ3) is 3.97. The molecule has 28 heavy (non-hydrogen) atoms. The molecule has 3 heterocycles. The average molecular weight is 419 g/mol. The van der Waals surface area contributed by atoms with Crippen LogP contribution in [0.1, 0.15) is 35.2 Å². The number of halogens is 2. The number of rotatable bonds is 6. The Hall–Kier alpha value is -2.21. The third-order valence-electron chi connectivity index (χ3n) is 4.96. The Morgan fingerprint density at radius 2 is 1.93 bits per heavy atom. The van der Waals surface area contributed by atoms with E-state index >= 15 is 0 Å². The van der Waals surface area contributed by atoms with Gasteiger partial charge in [-0.25, -0.2) is 0 Å². The molecule has 1 N–H and O–H groups in total. The van der Waals surface area contributed by atoms with E-state index in [0.29, 0.717) is 27.9 Å². The maximum absolute atomic E-state index is 12.6. The van der Waals surface area contributed by atoms with E-state index in [-0.39, 0.29) is 17.7 Å². The predicted molar refractivity (Wildman–Crippen MR) is 109 cm³/mol. The summed E-state index contributed by atoms with van der Waals surface area (Å²) in [6.45, 7) is 2.44. The molecule has 1 fully saturated rings. The summed E-state index contributed by atoms with van der Waals surface area (Å²) in [5, 5.41) is 3.80. The monoisotopic (exact) mass is 418 g/mol. The van der Waals surface area contributed by atoms with Crippen LogP contribution in [0.3, 0.4) is 0 Å². The molecule has 0 aliphatic carbocycles. The quantitative estimate of drug-likeness (QED) is 0.580. The van der Waals surface area contributed by atoms with Crippen LogP contribution in [0.2, 0.25) is 10.0 Å². The van der Waals surface area contributed by atoms with E-state index in [1.54, 1.807) is 36.6 Å². The number of likely N-dealkylation sites (tertiary alicyclic amines) is 1. The summed E-state index contributed by atoms with van der Waals surface area (Å²) in [6, 6.07) is 12.5. The molecule has 0 bridgehead atoms. The predicted octanol–water partition coefficient (Wildman–Crippen LogP) is 5.41. The van der Waals surface area contributed by atoms with Crippen molar-refractivity contribution in [2.24, 2.45) is 0 Å². The van der Waals surface area contributed by atoms with Crippen molar-refractivity contribution in [2.45, 2.75) is 18.9 Å². The summed E-state index contributed by atoms with van der Waals surface area (Å²) in [4.78, 5) is 14.9. The summed E-state index contributed by atoms with van der Waals surface area (Å²) >= 11 is 12.3. The van der Waals surface area contributed by atoms with Crippen molar-refractivity contribution in [3.63, 3.8) is 0 Å². The van der Waals surface area contributed by atoms with E-state index in [1.807, 2.05) is 12.1 Å². The van der Waals surface area contributed by atoms with Gasteiger partial charge in [0.05, 0.1) is 22.4 Å². The molecule has 1 amide bonds. The molecular weight excluding hydrogens is 399 g/mol. The number of amides is 1. The fraction of sp³-hybridized carbons (Fsp3) is 0.286. The van der Waals surface area contributed by atoms with Crippen molar-refractivity contribution >= 4 is 29.1 Å². The van der Waals surface area contributed by atoms with E-state index in [4.69, 9.17) is 32.0 Å². The SMILES string of the molecule is O=C(NC[C@@H](c1ccco1)N1CCCC1)c1ccc(-c2cccc(Cl)c2Cl)o1. The molecule has 1 aliphatic rings. The van der Waals surface area contributed by atoms with Crippen LogP contribution in [0, 0.1) is 0 Å². The van der Waals surface area contributed by atoms with Crippen molar-refractivity contribution < 1.29 is 13.6 Å². The number of nitrogens with zero attached hydrogens (tertiary/aromatic N) is 1. The van der Waals surface area contributed by atoms with Crippen LogP contribution < -0.4 is 5.32 Å². The number of carbonyl (C=O) groups is 1. The molecule has 1 aliphatic heterocycles. The van der Waals surface area contributed by atoms with Gasteiger partial charge in [-0.05, 0) is 62.3 Å². The van der Waals surface area contributed by atoms with Gasteiger partial charge >= 0.3 is 0 Å². The molecule has 7 heteroatoms. The Labute approximate surface area is 173 Å². The van der Waals surface area contributed by atoms with E-state index in [0.717, 1.165) is 31.7 Å². The normalized spacial score (nSPS) is 15.6. The third-order valence-corrected chi connectivity index (χ3v) is 5.77. The molecule has 4 rings (SSSR count). The lowest BCUT2D eigenvalue weighted by molar-refractivity contribution is 0.0907. The largest absolute Gasteiger partial charge is 0.468 e. The maximum Gasteiger partial charge on any atom is 0.287 e. The van der Waals surface area contributed by atoms with E-state index < -0.39 is 0 Å². The zero-order valence-electron chi connectivity index (χ0n) is 15.2. The first-order valence-electron chi connectivity index (χ1n) is 9.23. The highest BCUT2D eigenvalue weighted by atomic mass is 35.5. The van der Waals surface area contributed by atoms with Crippen LogP contribution in [0.5, 0.6) is 0 Å². The molecular formula is C21H20Cl2N2O3. The van der Waals surface area contributed by atoms with Gasteiger partial charge in [-0.3, -0.25) is 9.69 Å². The summed E-state index contributed by atoms with van der Waals surface area (Å²) in [5.74, 6) is 1.30. The Bertz CT molecular complexity index is 946. The maximum atomic E-state index is 12.6. The smallest absolute Gasteiger partial charge is 0.287 e. The lowest BCUT2D eigenvalue weighted by Crippen LogP contribution is -2.36. The van der Waals surface area contributed by atoms with Crippen LogP contribution in [0.4, 0.5) is 0 Å². The van der Waals surface area contributed by atoms with Crippen LogP contribution >= 0.6 is 23.2 Å². The van der Waals surface area contributed by atoms with Gasteiger partial charge in [0.25, 0.3) is 5.91 Å². The molecule has 5 nitrogen and oxygen atoms in total. The minimum absolute atomic E-state index is 0.0123. The van der Waals surface area contributed by atoms with Crippen molar-refractivity contribution in [2.75, 3.05) is 19.6 Å². The topological polar surface area (TPSA) is 58.6 Å². The zero-order valence-corrected chi connectivity index (χ0v) is 16.7. The van der Waals surface area contributed by atoms with Crippen molar-refractivity contribution in [1.82, 2.24) is 10.2 Å². The summed E-state index contributed by atoms with van der Waals surface area (Å²) in [5.41, 5.74) is 0.652. The molecule has 3 aromatic rings. The summed E-state index contributed by atoms with van der Waals surface area (Å²) in [6.07, 6.45) is 3.98. The number of carbonyl (C=O) groups excluding carboxylic acids is 1. The summed E-state index contributed by atoms with van der Waals surface area (Å²) < 4.78 is 11.3. The first-order chi connectivity index (χ1) is 13.6. The lowest BCUT2D eigenvalue weighted by Gasteiger charge is -2.25. The highest BCUT2D eigenvalue weighted by molar-refractivity contribution is 6.43. The van der Waals surface area contributed by atoms with Gasteiger partial charge in [0.1, 0.15) is 11.5 Å². The van der Waals surface area contributed by atoms with Crippen LogP contribution in [-0.2, 0) is 0 Å². The number of furan rings is 2. The molecule has 1 aromatic carbocycles. The first kappa shape index (κ1) is 19.1. The van der Waals surface area contributed by atoms with Crippen molar-refractivity contribution in [3.05, 3.63) is 70.3 Å². The molecule has 0 spiro atoms. The molecule has 146 valence electrons. The highest BCUT2D eigenvalue weighted by Gasteiger charge is 2.26. The Balaban J connectivity index is 1.46. The number of nitrogens with one attached hydrogen (secondary N) is 1. The van der Waals surface area contributed by atoms with Gasteiger partial charge in [0, 0.05) is 12.1 Å². The fourth-order valence-electron chi connectivity index (χ4n) is 3.52. The number of hydrogen-bond donors (Lipinski definition) is 1. The van der Waals surface area contributed by atoms with Crippen LogP contribution in [0.15, 0.2) is 57.6 Å². The second-order valence-electron chi connectivity index (χ2n) is 6.75. The Morgan fingerprint density at radius 3 is 2.68 bits per heavy atom. The Kier molecular flexibility index (Phi) is 5.76. The van der Waals surface area contributed by atoms with E-state index in [2.05, 4.69) is 10.2 Å². The highest BCUT2D eigenvalue weighted by Crippen LogP contribution is 2.34. The molecule has 0 radical (unpaired) electrons. The molecule has 0 unspecified atom stereocenters. The number of benzene rings is 1. The average Bonchev–Trinajstić information content (AvgIpc) is 3.47. The molecule has 0 saturated carbocycles. The van der Waals surface area contributed by atoms with Crippen LogP contribution in [0.25, 0.3) is 11.3 Å². The van der Waals surface area contributed by atoms with Crippen molar-refractivity contribution in [3.8, 4) is 11.3 Å². The molecule has 1 atom stereocenters. The van der Waals surface area contributed by atoms with Gasteiger partial charge in [-0.2, -0.15) is 0 Å². The molecule has 2 aromatic heterocycles. The standard InChI is InChI=1S/C21H20Cl2N2O3/c22-15-6-3-5-14(20(15)23)17-8-9-19(28-17)21(26)24-13-16(18-7-4-12-27-18)25-10-1-2-11-25/h3-9,12,16H,1-2,10-11,13H2,(H,24,26)/t16-/m0/s1. The van der Waals surface area contributed by atoms with E-state index in [9.17, 15) is 4.79 Å². The van der Waals surface area contributed by atoms with Crippen LogP contribution in [-0.4, -0.2) is 30.4 Å². The minimum Gasteiger partial charge on any atom is -0.468 e. The number of hydrogen-bond acceptors (Lipinski definition) is 4. The van der Waals surface area contributed by atoms with Gasteiger partial charge in [-0.1, -0.05) is 29.3 Å². The van der Waals surface area contributed by atoms with Gasteiger partial charge in [0.2, 0.25) is 0 Å². The van der Waals surface area contributed by atoms with Crippen molar-refractivity contribution in [1.29, 1.82) is 0 Å². The van der Waals surface area contributed by atoms with Gasteiger partial charge < -0.3 is 14.2 Å². The van der Waals surface area contributed by atoms with Gasteiger partial charge in [0.15, 0.2) is 5.76 Å². The summed E-state index contributed by atoms with van der Waals surface area (Å²) in [7, 11) is 0. The molecule has 1 saturated heterocycles. The Morgan fingerprint density at radius 1 is 1.11 bits per heavy atom. The fourth-order valence-corrected chi connectivity index (χ4v) is 3.91. The second kappa shape index (κ2) is 8.43. The second-order valence-corrected chi connectivity index (χ2v) is 7.53. The first-order valence-corrected chi connectivity index (χ1v) is 9.99. The van der Waals surface area contributed by atoms with Gasteiger partial charge in [-0.15, -0.1) is 0 Å². The lowest BCUT2D eigenvalue weighted by atomic mass is 10.2. The van der Waals surface area contributed by atoms with E-state index in [1.165, 1.54) is 0 Å². The zero-order chi connectivity index (χ0) is 19.5.